The quantitative estimate of drug-likeness (QED) is 0.857. The van der Waals surface area contributed by atoms with Gasteiger partial charge in [-0.1, -0.05) is 44.0 Å². The highest BCUT2D eigenvalue weighted by Gasteiger charge is 2.32. The molecule has 0 heterocycles. The van der Waals surface area contributed by atoms with E-state index in [0.29, 0.717) is 17.8 Å². The summed E-state index contributed by atoms with van der Waals surface area (Å²) in [4.78, 5) is 0. The molecule has 0 bridgehead atoms. The number of aliphatic hydroxyl groups is 1. The largest absolute Gasteiger partial charge is 0.393 e. The van der Waals surface area contributed by atoms with Gasteiger partial charge in [0.2, 0.25) is 0 Å². The van der Waals surface area contributed by atoms with Gasteiger partial charge in [0.05, 0.1) is 6.10 Å². The van der Waals surface area contributed by atoms with Crippen LogP contribution in [0.15, 0.2) is 24.3 Å². The summed E-state index contributed by atoms with van der Waals surface area (Å²) in [6, 6.07) is 8.86. The van der Waals surface area contributed by atoms with Crippen molar-refractivity contribution in [2.24, 2.45) is 11.8 Å². The normalized spacial score (nSPS) is 32.0. The third-order valence-corrected chi connectivity index (χ3v) is 5.44. The van der Waals surface area contributed by atoms with Gasteiger partial charge in [-0.05, 0) is 61.0 Å². The highest BCUT2D eigenvalue weighted by molar-refractivity contribution is 5.32. The molecule has 0 amide bonds. The topological polar surface area (TPSA) is 20.2 Å². The van der Waals surface area contributed by atoms with E-state index in [0.717, 1.165) is 6.42 Å². The second-order valence-corrected chi connectivity index (χ2v) is 6.66. The van der Waals surface area contributed by atoms with Gasteiger partial charge in [0.1, 0.15) is 0 Å². The fourth-order valence-electron chi connectivity index (χ4n) is 4.31. The van der Waals surface area contributed by atoms with Gasteiger partial charge in [0.25, 0.3) is 0 Å². The lowest BCUT2D eigenvalue weighted by atomic mass is 9.77. The van der Waals surface area contributed by atoms with E-state index < -0.39 is 0 Å². The maximum atomic E-state index is 10.6. The minimum atomic E-state index is -0.0892. The van der Waals surface area contributed by atoms with Crippen LogP contribution >= 0.6 is 0 Å². The number of aryl methyl sites for hydroxylation is 1. The van der Waals surface area contributed by atoms with Gasteiger partial charge in [0.15, 0.2) is 0 Å². The maximum absolute atomic E-state index is 10.6. The van der Waals surface area contributed by atoms with Crippen molar-refractivity contribution in [1.82, 2.24) is 0 Å². The SMILES string of the molecule is CC1CCCC1C(O)CC1CCCc2ccccc21. The standard InChI is InChI=1S/C18H26O/c1-13-6-4-11-16(13)18(19)12-15-9-5-8-14-7-2-3-10-17(14)15/h2-3,7,10,13,15-16,18-19H,4-6,8-9,11-12H2,1H3. The van der Waals surface area contributed by atoms with Gasteiger partial charge in [-0.2, -0.15) is 0 Å². The van der Waals surface area contributed by atoms with E-state index in [9.17, 15) is 5.11 Å². The van der Waals surface area contributed by atoms with E-state index in [1.807, 2.05) is 0 Å². The minimum absolute atomic E-state index is 0.0892. The van der Waals surface area contributed by atoms with Gasteiger partial charge >= 0.3 is 0 Å². The van der Waals surface area contributed by atoms with E-state index in [4.69, 9.17) is 0 Å². The van der Waals surface area contributed by atoms with Crippen molar-refractivity contribution >= 4 is 0 Å². The first kappa shape index (κ1) is 13.2. The lowest BCUT2D eigenvalue weighted by molar-refractivity contribution is 0.0733. The van der Waals surface area contributed by atoms with E-state index in [-0.39, 0.29) is 6.10 Å². The number of benzene rings is 1. The summed E-state index contributed by atoms with van der Waals surface area (Å²) in [7, 11) is 0. The molecule has 1 aromatic rings. The summed E-state index contributed by atoms with van der Waals surface area (Å²) in [5, 5.41) is 10.6. The number of fused-ring (bicyclic) bond motifs is 1. The fourth-order valence-corrected chi connectivity index (χ4v) is 4.31. The monoisotopic (exact) mass is 258 g/mol. The summed E-state index contributed by atoms with van der Waals surface area (Å²) in [6.45, 7) is 2.32. The molecule has 0 radical (unpaired) electrons. The molecule has 1 N–H and O–H groups in total. The predicted molar refractivity (Wildman–Crippen MR) is 79.2 cm³/mol. The Bertz CT molecular complexity index is 425. The van der Waals surface area contributed by atoms with Crippen LogP contribution in [0.2, 0.25) is 0 Å². The number of hydrogen-bond acceptors (Lipinski definition) is 1. The number of rotatable bonds is 3. The lowest BCUT2D eigenvalue weighted by Crippen LogP contribution is -2.26. The molecule has 1 nitrogen and oxygen atoms in total. The van der Waals surface area contributed by atoms with Crippen LogP contribution in [-0.2, 0) is 6.42 Å². The lowest BCUT2D eigenvalue weighted by Gasteiger charge is -2.30. The molecule has 0 saturated heterocycles. The van der Waals surface area contributed by atoms with Gasteiger partial charge in [-0.25, -0.2) is 0 Å². The van der Waals surface area contributed by atoms with Crippen molar-refractivity contribution < 1.29 is 5.11 Å². The third kappa shape index (κ3) is 2.72. The van der Waals surface area contributed by atoms with Gasteiger partial charge in [-0.3, -0.25) is 0 Å². The van der Waals surface area contributed by atoms with E-state index >= 15 is 0 Å². The van der Waals surface area contributed by atoms with E-state index in [1.54, 1.807) is 0 Å². The van der Waals surface area contributed by atoms with Crippen LogP contribution in [0, 0.1) is 11.8 Å². The van der Waals surface area contributed by atoms with Crippen LogP contribution in [0.1, 0.15) is 62.5 Å². The highest BCUT2D eigenvalue weighted by atomic mass is 16.3. The minimum Gasteiger partial charge on any atom is -0.393 e. The molecule has 1 fully saturated rings. The molecule has 1 aromatic carbocycles. The molecule has 104 valence electrons. The Hall–Kier alpha value is -0.820. The first-order valence-electron chi connectivity index (χ1n) is 8.01. The van der Waals surface area contributed by atoms with Crippen LogP contribution in [0.4, 0.5) is 0 Å². The number of hydrogen-bond donors (Lipinski definition) is 1. The fraction of sp³-hybridized carbons (Fsp3) is 0.667. The van der Waals surface area contributed by atoms with E-state index in [2.05, 4.69) is 31.2 Å². The molecule has 4 unspecified atom stereocenters. The van der Waals surface area contributed by atoms with Gasteiger partial charge in [-0.15, -0.1) is 0 Å². The average molecular weight is 258 g/mol. The molecule has 4 atom stereocenters. The third-order valence-electron chi connectivity index (χ3n) is 5.44. The molecule has 2 aliphatic rings. The van der Waals surface area contributed by atoms with Crippen LogP contribution < -0.4 is 0 Å². The van der Waals surface area contributed by atoms with E-state index in [1.165, 1.54) is 49.7 Å². The average Bonchev–Trinajstić information content (AvgIpc) is 2.85. The zero-order valence-corrected chi connectivity index (χ0v) is 12.0. The van der Waals surface area contributed by atoms with Crippen molar-refractivity contribution in [3.05, 3.63) is 35.4 Å². The molecule has 1 saturated carbocycles. The van der Waals surface area contributed by atoms with Gasteiger partial charge < -0.3 is 5.11 Å². The first-order valence-corrected chi connectivity index (χ1v) is 8.01. The summed E-state index contributed by atoms with van der Waals surface area (Å²) >= 11 is 0. The summed E-state index contributed by atoms with van der Waals surface area (Å²) < 4.78 is 0. The molecule has 0 aliphatic heterocycles. The smallest absolute Gasteiger partial charge is 0.0576 e. The maximum Gasteiger partial charge on any atom is 0.0576 e. The Morgan fingerprint density at radius 3 is 2.79 bits per heavy atom. The summed E-state index contributed by atoms with van der Waals surface area (Å²) in [5.74, 6) is 1.86. The second kappa shape index (κ2) is 5.66. The molecular formula is C18H26O. The second-order valence-electron chi connectivity index (χ2n) is 6.66. The first-order chi connectivity index (χ1) is 9.25. The molecule has 3 rings (SSSR count). The molecular weight excluding hydrogens is 232 g/mol. The molecule has 2 aliphatic carbocycles. The predicted octanol–water partition coefficient (Wildman–Crippen LogP) is 4.29. The van der Waals surface area contributed by atoms with Crippen molar-refractivity contribution in [1.29, 1.82) is 0 Å². The Morgan fingerprint density at radius 1 is 1.16 bits per heavy atom. The van der Waals surface area contributed by atoms with Crippen molar-refractivity contribution in [2.45, 2.75) is 63.9 Å². The van der Waals surface area contributed by atoms with Crippen LogP contribution in [0.5, 0.6) is 0 Å². The Balaban J connectivity index is 1.70. The zero-order chi connectivity index (χ0) is 13.2. The molecule has 1 heteroatoms. The summed E-state index contributed by atoms with van der Waals surface area (Å²) in [6.07, 6.45) is 8.51. The summed E-state index contributed by atoms with van der Waals surface area (Å²) in [5.41, 5.74) is 3.03. The van der Waals surface area contributed by atoms with Crippen molar-refractivity contribution in [3.63, 3.8) is 0 Å². The van der Waals surface area contributed by atoms with Crippen LogP contribution in [0.3, 0.4) is 0 Å². The van der Waals surface area contributed by atoms with Crippen LogP contribution in [0.25, 0.3) is 0 Å². The Kier molecular flexibility index (Phi) is 3.93. The van der Waals surface area contributed by atoms with Gasteiger partial charge in [0, 0.05) is 0 Å². The molecule has 0 spiro atoms. The zero-order valence-electron chi connectivity index (χ0n) is 12.0. The number of aliphatic hydroxyl groups excluding tert-OH is 1. The molecule has 19 heavy (non-hydrogen) atoms. The highest BCUT2D eigenvalue weighted by Crippen LogP contribution is 2.40. The van der Waals surface area contributed by atoms with Crippen molar-refractivity contribution in [2.75, 3.05) is 0 Å². The van der Waals surface area contributed by atoms with Crippen LogP contribution in [-0.4, -0.2) is 11.2 Å². The van der Waals surface area contributed by atoms with Crippen molar-refractivity contribution in [3.8, 4) is 0 Å². The Morgan fingerprint density at radius 2 is 2.00 bits per heavy atom. The molecule has 0 aromatic heterocycles. The Labute approximate surface area is 117 Å².